The quantitative estimate of drug-likeness (QED) is 0.700. The zero-order valence-electron chi connectivity index (χ0n) is 15.1. The summed E-state index contributed by atoms with van der Waals surface area (Å²) in [7, 11) is 0. The summed E-state index contributed by atoms with van der Waals surface area (Å²) < 4.78 is 27.9. The normalized spacial score (nSPS) is 21.1. The van der Waals surface area contributed by atoms with Crippen LogP contribution in [-0.2, 0) is 0 Å². The van der Waals surface area contributed by atoms with E-state index >= 15 is 0 Å². The van der Waals surface area contributed by atoms with Crippen molar-refractivity contribution in [1.29, 1.82) is 0 Å². The van der Waals surface area contributed by atoms with Crippen LogP contribution >= 0.6 is 0 Å². The second-order valence-corrected chi connectivity index (χ2v) is 6.43. The lowest BCUT2D eigenvalue weighted by Gasteiger charge is -2.30. The SMILES string of the molecule is C=C(C)Nc1cn(C2CCC(C(C)C)CC2)nc1C(F)F.CC. The number of nitrogens with zero attached hydrogens (tertiary/aromatic N) is 2. The minimum atomic E-state index is -2.57. The zero-order valence-corrected chi connectivity index (χ0v) is 15.1. The van der Waals surface area contributed by atoms with Gasteiger partial charge in [0, 0.05) is 11.9 Å². The van der Waals surface area contributed by atoms with Crippen molar-refractivity contribution in [2.75, 3.05) is 5.32 Å². The molecule has 23 heavy (non-hydrogen) atoms. The van der Waals surface area contributed by atoms with Gasteiger partial charge in [0.1, 0.15) is 0 Å². The highest BCUT2D eigenvalue weighted by Gasteiger charge is 2.27. The van der Waals surface area contributed by atoms with Crippen LogP contribution in [-0.4, -0.2) is 9.78 Å². The molecule has 1 aromatic heterocycles. The molecule has 2 rings (SSSR count). The summed E-state index contributed by atoms with van der Waals surface area (Å²) in [6.07, 6.45) is 3.46. The average Bonchev–Trinajstić information content (AvgIpc) is 2.92. The van der Waals surface area contributed by atoms with Crippen LogP contribution in [0.1, 0.15) is 78.5 Å². The summed E-state index contributed by atoms with van der Waals surface area (Å²) in [5.41, 5.74) is 0.840. The number of aromatic nitrogens is 2. The van der Waals surface area contributed by atoms with Crippen LogP contribution in [0.5, 0.6) is 0 Å². The number of anilines is 1. The Morgan fingerprint density at radius 2 is 1.83 bits per heavy atom. The van der Waals surface area contributed by atoms with Crippen molar-refractivity contribution in [3.63, 3.8) is 0 Å². The molecular weight excluding hydrogens is 296 g/mol. The minimum absolute atomic E-state index is 0.177. The lowest BCUT2D eigenvalue weighted by molar-refractivity contribution is 0.143. The molecule has 0 aliphatic heterocycles. The van der Waals surface area contributed by atoms with E-state index in [-0.39, 0.29) is 11.7 Å². The second kappa shape index (κ2) is 9.04. The van der Waals surface area contributed by atoms with Gasteiger partial charge < -0.3 is 5.32 Å². The van der Waals surface area contributed by atoms with Crippen molar-refractivity contribution >= 4 is 5.69 Å². The van der Waals surface area contributed by atoms with Crippen LogP contribution in [0.3, 0.4) is 0 Å². The molecule has 1 aromatic rings. The Kier molecular flexibility index (Phi) is 7.73. The van der Waals surface area contributed by atoms with Crippen molar-refractivity contribution < 1.29 is 8.78 Å². The summed E-state index contributed by atoms with van der Waals surface area (Å²) in [6.45, 7) is 14.0. The molecule has 1 aliphatic carbocycles. The maximum Gasteiger partial charge on any atom is 0.284 e. The summed E-state index contributed by atoms with van der Waals surface area (Å²) in [4.78, 5) is 0. The van der Waals surface area contributed by atoms with Gasteiger partial charge in [-0.15, -0.1) is 0 Å². The van der Waals surface area contributed by atoms with E-state index in [4.69, 9.17) is 0 Å². The van der Waals surface area contributed by atoms with Crippen LogP contribution in [0.4, 0.5) is 14.5 Å². The fraction of sp³-hybridized carbons (Fsp3) is 0.722. The van der Waals surface area contributed by atoms with Gasteiger partial charge in [-0.25, -0.2) is 8.78 Å². The molecule has 0 amide bonds. The molecule has 0 aromatic carbocycles. The van der Waals surface area contributed by atoms with Crippen LogP contribution in [0.25, 0.3) is 0 Å². The van der Waals surface area contributed by atoms with E-state index < -0.39 is 6.43 Å². The van der Waals surface area contributed by atoms with Crippen LogP contribution in [0, 0.1) is 11.8 Å². The molecule has 0 radical (unpaired) electrons. The Morgan fingerprint density at radius 1 is 1.26 bits per heavy atom. The Morgan fingerprint density at radius 3 is 2.26 bits per heavy atom. The molecule has 0 spiro atoms. The third-order valence-corrected chi connectivity index (χ3v) is 4.37. The van der Waals surface area contributed by atoms with Crippen molar-refractivity contribution in [3.8, 4) is 0 Å². The third kappa shape index (κ3) is 5.33. The lowest BCUT2D eigenvalue weighted by Crippen LogP contribution is -2.21. The molecule has 1 aliphatic rings. The van der Waals surface area contributed by atoms with Crippen molar-refractivity contribution in [3.05, 3.63) is 24.2 Å². The summed E-state index contributed by atoms with van der Waals surface area (Å²) in [5, 5.41) is 7.00. The van der Waals surface area contributed by atoms with Crippen LogP contribution in [0.15, 0.2) is 18.5 Å². The number of hydrogen-bond donors (Lipinski definition) is 1. The number of hydrogen-bond acceptors (Lipinski definition) is 2. The standard InChI is InChI=1S/C16H25F2N3.C2H6/c1-10(2)12-5-7-13(8-6-12)21-9-14(19-11(3)4)15(20-21)16(17)18;1-2/h9-10,12-13,16,19H,3,5-8H2,1-2,4H3;1-2H3. The molecule has 5 heteroatoms. The van der Waals surface area contributed by atoms with E-state index in [2.05, 4.69) is 30.8 Å². The van der Waals surface area contributed by atoms with Gasteiger partial charge in [-0.1, -0.05) is 34.3 Å². The first-order valence-electron chi connectivity index (χ1n) is 8.68. The molecule has 1 N–H and O–H groups in total. The molecule has 0 atom stereocenters. The zero-order chi connectivity index (χ0) is 17.6. The molecule has 1 heterocycles. The maximum absolute atomic E-state index is 13.1. The highest BCUT2D eigenvalue weighted by molar-refractivity contribution is 5.50. The molecule has 0 saturated heterocycles. The Hall–Kier alpha value is -1.39. The molecule has 1 saturated carbocycles. The van der Waals surface area contributed by atoms with Gasteiger partial charge >= 0.3 is 0 Å². The Bertz CT molecular complexity index is 486. The smallest absolute Gasteiger partial charge is 0.284 e. The van der Waals surface area contributed by atoms with Gasteiger partial charge in [0.05, 0.1) is 11.7 Å². The average molecular weight is 327 g/mol. The van der Waals surface area contributed by atoms with Gasteiger partial charge in [0.2, 0.25) is 0 Å². The number of nitrogens with one attached hydrogen (secondary N) is 1. The first kappa shape index (κ1) is 19.7. The van der Waals surface area contributed by atoms with Crippen molar-refractivity contribution in [1.82, 2.24) is 9.78 Å². The number of halogens is 2. The molecule has 0 bridgehead atoms. The van der Waals surface area contributed by atoms with Gasteiger partial charge in [0.15, 0.2) is 5.69 Å². The minimum Gasteiger partial charge on any atom is -0.357 e. The summed E-state index contributed by atoms with van der Waals surface area (Å²) in [6, 6.07) is 0.234. The molecule has 132 valence electrons. The molecule has 0 unspecified atom stereocenters. The topological polar surface area (TPSA) is 29.9 Å². The first-order valence-corrected chi connectivity index (χ1v) is 8.68. The predicted octanol–water partition coefficient (Wildman–Crippen LogP) is 6.18. The summed E-state index contributed by atoms with van der Waals surface area (Å²) >= 11 is 0. The fourth-order valence-electron chi connectivity index (χ4n) is 3.11. The fourth-order valence-corrected chi connectivity index (χ4v) is 3.11. The lowest BCUT2D eigenvalue weighted by atomic mass is 9.80. The highest BCUT2D eigenvalue weighted by atomic mass is 19.3. The number of alkyl halides is 2. The number of allylic oxidation sites excluding steroid dienone is 1. The van der Waals surface area contributed by atoms with E-state index in [9.17, 15) is 8.78 Å². The maximum atomic E-state index is 13.1. The van der Waals surface area contributed by atoms with Gasteiger partial charge in [-0.2, -0.15) is 5.10 Å². The van der Waals surface area contributed by atoms with Gasteiger partial charge in [-0.05, 0) is 44.4 Å². The largest absolute Gasteiger partial charge is 0.357 e. The monoisotopic (exact) mass is 327 g/mol. The van der Waals surface area contributed by atoms with E-state index in [0.717, 1.165) is 31.6 Å². The highest BCUT2D eigenvalue weighted by Crippen LogP contribution is 2.37. The second-order valence-electron chi connectivity index (χ2n) is 6.43. The molecular formula is C18H31F2N3. The van der Waals surface area contributed by atoms with Gasteiger partial charge in [-0.3, -0.25) is 4.68 Å². The first-order chi connectivity index (χ1) is 10.9. The van der Waals surface area contributed by atoms with Crippen molar-refractivity contribution in [2.45, 2.75) is 72.8 Å². The Labute approximate surface area is 139 Å². The third-order valence-electron chi connectivity index (χ3n) is 4.37. The van der Waals surface area contributed by atoms with E-state index in [1.54, 1.807) is 17.8 Å². The van der Waals surface area contributed by atoms with Crippen LogP contribution in [0.2, 0.25) is 0 Å². The molecule has 3 nitrogen and oxygen atoms in total. The number of rotatable bonds is 5. The Balaban J connectivity index is 0.00000127. The van der Waals surface area contributed by atoms with Crippen LogP contribution < -0.4 is 5.32 Å². The molecule has 1 fully saturated rings. The van der Waals surface area contributed by atoms with Gasteiger partial charge in [0.25, 0.3) is 6.43 Å². The van der Waals surface area contributed by atoms with E-state index in [1.165, 1.54) is 0 Å². The summed E-state index contributed by atoms with van der Waals surface area (Å²) in [5.74, 6) is 1.44. The van der Waals surface area contributed by atoms with E-state index in [1.807, 2.05) is 13.8 Å². The van der Waals surface area contributed by atoms with Crippen molar-refractivity contribution in [2.24, 2.45) is 11.8 Å². The predicted molar refractivity (Wildman–Crippen MR) is 92.8 cm³/mol. The van der Waals surface area contributed by atoms with E-state index in [0.29, 0.717) is 17.3 Å².